The Morgan fingerprint density at radius 3 is 2.60 bits per heavy atom. The molecular weight excluding hydrogens is 210 g/mol. The van der Waals surface area contributed by atoms with E-state index >= 15 is 0 Å². The van der Waals surface area contributed by atoms with E-state index in [1.165, 1.54) is 0 Å². The summed E-state index contributed by atoms with van der Waals surface area (Å²) in [4.78, 5) is 10.9. The number of alkyl halides is 1. The highest BCUT2D eigenvalue weighted by atomic mass is 35.5. The van der Waals surface area contributed by atoms with Crippen molar-refractivity contribution in [3.63, 3.8) is 0 Å². The van der Waals surface area contributed by atoms with Crippen LogP contribution in [-0.2, 0) is 5.88 Å². The van der Waals surface area contributed by atoms with Crippen LogP contribution < -0.4 is 4.90 Å². The number of rotatable bonds is 2. The molecule has 2 rings (SSSR count). The molecule has 2 heterocycles. The first-order valence-corrected chi connectivity index (χ1v) is 5.86. The van der Waals surface area contributed by atoms with Gasteiger partial charge < -0.3 is 4.90 Å². The lowest BCUT2D eigenvalue weighted by atomic mass is 10.0. The van der Waals surface area contributed by atoms with Gasteiger partial charge in [0.05, 0.1) is 17.8 Å². The predicted octanol–water partition coefficient (Wildman–Crippen LogP) is 2.31. The third-order valence-corrected chi connectivity index (χ3v) is 3.39. The number of hydrogen-bond acceptors (Lipinski definition) is 3. The molecule has 0 bridgehead atoms. The van der Waals surface area contributed by atoms with Gasteiger partial charge in [-0.2, -0.15) is 0 Å². The van der Waals surface area contributed by atoms with Crippen molar-refractivity contribution in [1.29, 1.82) is 0 Å². The Kier molecular flexibility index (Phi) is 3.10. The Morgan fingerprint density at radius 2 is 2.00 bits per heavy atom. The Labute approximate surface area is 95.5 Å². The fourth-order valence-electron chi connectivity index (χ4n) is 1.93. The second-order valence-electron chi connectivity index (χ2n) is 4.36. The first-order chi connectivity index (χ1) is 7.20. The van der Waals surface area contributed by atoms with Crippen LogP contribution in [0, 0.1) is 11.8 Å². The summed E-state index contributed by atoms with van der Waals surface area (Å²) in [7, 11) is 0. The van der Waals surface area contributed by atoms with E-state index < -0.39 is 0 Å². The Hall–Kier alpha value is -0.830. The van der Waals surface area contributed by atoms with E-state index in [2.05, 4.69) is 28.7 Å². The van der Waals surface area contributed by atoms with Gasteiger partial charge in [0, 0.05) is 19.3 Å². The van der Waals surface area contributed by atoms with Crippen molar-refractivity contribution in [2.75, 3.05) is 18.0 Å². The normalized spacial score (nSPS) is 25.9. The van der Waals surface area contributed by atoms with Gasteiger partial charge in [-0.3, -0.25) is 4.98 Å². The molecule has 0 saturated carbocycles. The maximum atomic E-state index is 5.74. The first kappa shape index (κ1) is 10.7. The predicted molar refractivity (Wildman–Crippen MR) is 62.1 cm³/mol. The van der Waals surface area contributed by atoms with Crippen molar-refractivity contribution in [1.82, 2.24) is 9.97 Å². The second kappa shape index (κ2) is 4.35. The van der Waals surface area contributed by atoms with Gasteiger partial charge in [-0.1, -0.05) is 13.8 Å². The number of nitrogens with zero attached hydrogens (tertiary/aromatic N) is 3. The molecule has 0 N–H and O–H groups in total. The quantitative estimate of drug-likeness (QED) is 0.724. The summed E-state index contributed by atoms with van der Waals surface area (Å²) >= 11 is 5.74. The maximum absolute atomic E-state index is 5.74. The summed E-state index contributed by atoms with van der Waals surface area (Å²) in [5.74, 6) is 2.85. The Morgan fingerprint density at radius 1 is 1.33 bits per heavy atom. The molecule has 1 aromatic heterocycles. The highest BCUT2D eigenvalue weighted by Gasteiger charge is 2.26. The third kappa shape index (κ3) is 2.23. The van der Waals surface area contributed by atoms with Crippen LogP contribution in [0.1, 0.15) is 19.5 Å². The van der Waals surface area contributed by atoms with Gasteiger partial charge in [0.15, 0.2) is 0 Å². The maximum Gasteiger partial charge on any atom is 0.147 e. The monoisotopic (exact) mass is 225 g/mol. The summed E-state index contributed by atoms with van der Waals surface area (Å²) in [5.41, 5.74) is 0.848. The number of halogens is 1. The van der Waals surface area contributed by atoms with Crippen LogP contribution in [0.3, 0.4) is 0 Å². The zero-order chi connectivity index (χ0) is 10.8. The van der Waals surface area contributed by atoms with Crippen molar-refractivity contribution in [2.45, 2.75) is 19.7 Å². The molecule has 0 radical (unpaired) electrons. The lowest BCUT2D eigenvalue weighted by molar-refractivity contribution is 0.494. The fourth-order valence-corrected chi connectivity index (χ4v) is 2.06. The lowest BCUT2D eigenvalue weighted by Gasteiger charge is -2.16. The topological polar surface area (TPSA) is 29.0 Å². The molecule has 1 fully saturated rings. The molecule has 15 heavy (non-hydrogen) atoms. The van der Waals surface area contributed by atoms with Crippen molar-refractivity contribution in [3.8, 4) is 0 Å². The first-order valence-electron chi connectivity index (χ1n) is 5.32. The lowest BCUT2D eigenvalue weighted by Crippen LogP contribution is -2.21. The van der Waals surface area contributed by atoms with Crippen molar-refractivity contribution in [3.05, 3.63) is 18.1 Å². The van der Waals surface area contributed by atoms with Crippen LogP contribution in [0.4, 0.5) is 5.82 Å². The van der Waals surface area contributed by atoms with E-state index in [1.54, 1.807) is 6.20 Å². The summed E-state index contributed by atoms with van der Waals surface area (Å²) in [6.07, 6.45) is 3.54. The van der Waals surface area contributed by atoms with Crippen LogP contribution in [0.2, 0.25) is 0 Å². The molecular formula is C11H16ClN3. The Balaban J connectivity index is 2.16. The van der Waals surface area contributed by atoms with Crippen LogP contribution in [0.15, 0.2) is 12.4 Å². The van der Waals surface area contributed by atoms with Gasteiger partial charge in [-0.05, 0) is 11.8 Å². The minimum atomic E-state index is 0.430. The molecule has 1 saturated heterocycles. The van der Waals surface area contributed by atoms with E-state index in [4.69, 9.17) is 11.6 Å². The van der Waals surface area contributed by atoms with E-state index in [9.17, 15) is 0 Å². The molecule has 2 atom stereocenters. The van der Waals surface area contributed by atoms with Gasteiger partial charge in [0.1, 0.15) is 5.82 Å². The van der Waals surface area contributed by atoms with E-state index in [1.807, 2.05) is 6.20 Å². The van der Waals surface area contributed by atoms with Gasteiger partial charge in [0.2, 0.25) is 0 Å². The molecule has 0 spiro atoms. The van der Waals surface area contributed by atoms with Crippen LogP contribution in [-0.4, -0.2) is 23.1 Å². The molecule has 1 aromatic rings. The van der Waals surface area contributed by atoms with Crippen molar-refractivity contribution < 1.29 is 0 Å². The highest BCUT2D eigenvalue weighted by molar-refractivity contribution is 6.16. The number of anilines is 1. The number of aromatic nitrogens is 2. The Bertz CT molecular complexity index is 332. The van der Waals surface area contributed by atoms with Gasteiger partial charge >= 0.3 is 0 Å². The molecule has 0 aliphatic carbocycles. The summed E-state index contributed by atoms with van der Waals surface area (Å²) in [5, 5.41) is 0. The zero-order valence-electron chi connectivity index (χ0n) is 9.15. The van der Waals surface area contributed by atoms with Crippen LogP contribution in [0.25, 0.3) is 0 Å². The average molecular weight is 226 g/mol. The smallest absolute Gasteiger partial charge is 0.147 e. The van der Waals surface area contributed by atoms with E-state index in [0.717, 1.165) is 36.4 Å². The van der Waals surface area contributed by atoms with Gasteiger partial charge in [-0.25, -0.2) is 4.98 Å². The summed E-state index contributed by atoms with van der Waals surface area (Å²) < 4.78 is 0. The largest absolute Gasteiger partial charge is 0.355 e. The standard InChI is InChI=1S/C11H16ClN3/c1-8-6-15(7-9(8)2)11-5-13-4-10(3-12)14-11/h4-5,8-9H,3,6-7H2,1-2H3. The molecule has 2 unspecified atom stereocenters. The third-order valence-electron chi connectivity index (χ3n) is 3.12. The fraction of sp³-hybridized carbons (Fsp3) is 0.636. The van der Waals surface area contributed by atoms with Gasteiger partial charge in [-0.15, -0.1) is 11.6 Å². The minimum Gasteiger partial charge on any atom is -0.355 e. The van der Waals surface area contributed by atoms with E-state index in [0.29, 0.717) is 5.88 Å². The number of hydrogen-bond donors (Lipinski definition) is 0. The van der Waals surface area contributed by atoms with Crippen LogP contribution in [0.5, 0.6) is 0 Å². The molecule has 1 aliphatic rings. The minimum absolute atomic E-state index is 0.430. The van der Waals surface area contributed by atoms with Crippen LogP contribution >= 0.6 is 11.6 Å². The summed E-state index contributed by atoms with van der Waals surface area (Å²) in [6, 6.07) is 0. The molecule has 0 amide bonds. The van der Waals surface area contributed by atoms with E-state index in [-0.39, 0.29) is 0 Å². The van der Waals surface area contributed by atoms with Crippen molar-refractivity contribution in [2.24, 2.45) is 11.8 Å². The molecule has 1 aliphatic heterocycles. The molecule has 82 valence electrons. The highest BCUT2D eigenvalue weighted by Crippen LogP contribution is 2.25. The second-order valence-corrected chi connectivity index (χ2v) is 4.63. The van der Waals surface area contributed by atoms with Crippen molar-refractivity contribution >= 4 is 17.4 Å². The molecule has 4 heteroatoms. The molecule has 3 nitrogen and oxygen atoms in total. The zero-order valence-corrected chi connectivity index (χ0v) is 9.91. The SMILES string of the molecule is CC1CN(c2cncc(CCl)n2)CC1C. The van der Waals surface area contributed by atoms with Gasteiger partial charge in [0.25, 0.3) is 0 Å². The average Bonchev–Trinajstić information content (AvgIpc) is 2.59. The molecule has 0 aromatic carbocycles. The summed E-state index contributed by atoms with van der Waals surface area (Å²) in [6.45, 7) is 6.70.